The zero-order valence-corrected chi connectivity index (χ0v) is 14.0. The molecule has 6 saturated carbocycles. The Morgan fingerprint density at radius 2 is 2.04 bits per heavy atom. The van der Waals surface area contributed by atoms with E-state index in [1.54, 1.807) is 0 Å². The lowest BCUT2D eigenvalue weighted by atomic mass is 9.40. The Kier molecular flexibility index (Phi) is 1.77. The van der Waals surface area contributed by atoms with Gasteiger partial charge < -0.3 is 5.11 Å². The van der Waals surface area contributed by atoms with Crippen molar-refractivity contribution in [1.82, 2.24) is 4.90 Å². The summed E-state index contributed by atoms with van der Waals surface area (Å²) in [6.45, 7) is 7.46. The van der Waals surface area contributed by atoms with Crippen molar-refractivity contribution in [1.29, 1.82) is 0 Å². The SMILES string of the molecule is C=C1C[C@]23C[C@H]4[C@H]5[C@@]6(C)CC(=O)C[C@]57[C@@H]([C@@H]2[C@H](O)[C@H]1C(=O)[C@@H]37)N4C6. The number of aliphatic hydroxyl groups excluding tert-OH is 1. The number of Topliss-reactive ketones (excluding diaryl/α,β-unsaturated/α-hetero) is 2. The molecule has 1 unspecified atom stereocenters. The van der Waals surface area contributed by atoms with Crippen LogP contribution in [-0.2, 0) is 9.59 Å². The summed E-state index contributed by atoms with van der Waals surface area (Å²) >= 11 is 0. The van der Waals surface area contributed by atoms with E-state index in [4.69, 9.17) is 0 Å². The molecule has 3 saturated heterocycles. The van der Waals surface area contributed by atoms with Gasteiger partial charge in [0.1, 0.15) is 11.6 Å². The predicted octanol–water partition coefficient (Wildman–Crippen LogP) is 1.18. The number of ketones is 2. The first-order valence-electron chi connectivity index (χ1n) is 9.52. The van der Waals surface area contributed by atoms with Gasteiger partial charge in [-0.1, -0.05) is 19.1 Å². The van der Waals surface area contributed by atoms with Crippen molar-refractivity contribution in [3.05, 3.63) is 12.2 Å². The molecule has 0 aromatic rings. The Labute approximate surface area is 141 Å². The van der Waals surface area contributed by atoms with E-state index >= 15 is 0 Å². The van der Waals surface area contributed by atoms with E-state index in [1.165, 1.54) is 0 Å². The van der Waals surface area contributed by atoms with E-state index in [9.17, 15) is 14.7 Å². The molecule has 11 atom stereocenters. The van der Waals surface area contributed by atoms with Gasteiger partial charge in [-0.3, -0.25) is 14.5 Å². The number of hydrogen-bond donors (Lipinski definition) is 1. The van der Waals surface area contributed by atoms with Crippen LogP contribution >= 0.6 is 0 Å². The van der Waals surface area contributed by atoms with Crippen LogP contribution in [0.1, 0.15) is 32.6 Å². The molecule has 4 heteroatoms. The van der Waals surface area contributed by atoms with Crippen LogP contribution in [0, 0.1) is 39.9 Å². The fourth-order valence-corrected chi connectivity index (χ4v) is 10.1. The predicted molar refractivity (Wildman–Crippen MR) is 84.8 cm³/mol. The lowest BCUT2D eigenvalue weighted by Gasteiger charge is -2.62. The molecular weight excluding hydrogens is 302 g/mol. The Hall–Kier alpha value is -1.00. The summed E-state index contributed by atoms with van der Waals surface area (Å²) in [6, 6.07) is 0.795. The Balaban J connectivity index is 1.57. The van der Waals surface area contributed by atoms with Gasteiger partial charge in [0, 0.05) is 48.7 Å². The monoisotopic (exact) mass is 325 g/mol. The van der Waals surface area contributed by atoms with Crippen molar-refractivity contribution in [3.8, 4) is 0 Å². The van der Waals surface area contributed by atoms with Crippen LogP contribution < -0.4 is 0 Å². The number of aliphatic hydroxyl groups is 1. The minimum atomic E-state index is -0.567. The van der Waals surface area contributed by atoms with E-state index in [2.05, 4.69) is 18.4 Å². The molecular formula is C20H23NO3. The van der Waals surface area contributed by atoms with Gasteiger partial charge in [-0.05, 0) is 29.6 Å². The topological polar surface area (TPSA) is 57.6 Å². The van der Waals surface area contributed by atoms with Gasteiger partial charge in [-0.15, -0.1) is 0 Å². The van der Waals surface area contributed by atoms with Crippen molar-refractivity contribution < 1.29 is 14.7 Å². The van der Waals surface area contributed by atoms with Gasteiger partial charge in [0.25, 0.3) is 0 Å². The average Bonchev–Trinajstić information content (AvgIpc) is 2.88. The molecule has 9 bridgehead atoms. The standard InChI is InChI=1S/C20H23NO3/c1-8-3-19-6-10-15-18(2)4-9(22)5-20(15)16(19)14(24)11(8)13(23)12(19)17(20)21(10)7-18/h10-13,15-17,23H,1,3-7H2,2H3/t10-,11-,12-,13+,15-,16-,17+,18-,19-,20-/m0/s1. The Morgan fingerprint density at radius 3 is 2.83 bits per heavy atom. The second kappa shape index (κ2) is 3.21. The van der Waals surface area contributed by atoms with Crippen molar-refractivity contribution >= 4 is 11.6 Å². The number of fused-ring (bicyclic) bond motifs is 1. The summed E-state index contributed by atoms with van der Waals surface area (Å²) in [6.07, 6.45) is 2.67. The van der Waals surface area contributed by atoms with Crippen LogP contribution in [0.15, 0.2) is 12.2 Å². The molecule has 0 radical (unpaired) electrons. The molecule has 0 aromatic carbocycles. The van der Waals surface area contributed by atoms with Gasteiger partial charge in [0.2, 0.25) is 0 Å². The average molecular weight is 325 g/mol. The lowest BCUT2D eigenvalue weighted by molar-refractivity contribution is -0.174. The smallest absolute Gasteiger partial charge is 0.146 e. The zero-order chi connectivity index (χ0) is 16.4. The summed E-state index contributed by atoms with van der Waals surface area (Å²) < 4.78 is 0. The molecule has 3 heterocycles. The second-order valence-corrected chi connectivity index (χ2v) is 10.4. The second-order valence-electron chi connectivity index (χ2n) is 10.4. The highest BCUT2D eigenvalue weighted by atomic mass is 16.3. The van der Waals surface area contributed by atoms with E-state index in [0.29, 0.717) is 30.6 Å². The Morgan fingerprint density at radius 1 is 1.25 bits per heavy atom. The van der Waals surface area contributed by atoms with Crippen LogP contribution in [0.4, 0.5) is 0 Å². The van der Waals surface area contributed by atoms with E-state index < -0.39 is 6.10 Å². The van der Waals surface area contributed by atoms with Crippen LogP contribution in [0.3, 0.4) is 0 Å². The number of carbonyl (C=O) groups excluding carboxylic acids is 2. The van der Waals surface area contributed by atoms with Crippen molar-refractivity contribution in [2.45, 2.75) is 50.8 Å². The quantitative estimate of drug-likeness (QED) is 0.680. The molecule has 6 aliphatic carbocycles. The summed E-state index contributed by atoms with van der Waals surface area (Å²) in [5.74, 6) is 0.920. The molecule has 9 aliphatic rings. The van der Waals surface area contributed by atoms with Gasteiger partial charge in [-0.2, -0.15) is 0 Å². The van der Waals surface area contributed by atoms with Crippen LogP contribution in [-0.4, -0.2) is 46.3 Å². The first kappa shape index (κ1) is 13.2. The van der Waals surface area contributed by atoms with Crippen molar-refractivity contribution in [3.63, 3.8) is 0 Å². The molecule has 9 fully saturated rings. The summed E-state index contributed by atoms with van der Waals surface area (Å²) in [7, 11) is 0. The van der Waals surface area contributed by atoms with Crippen molar-refractivity contribution in [2.75, 3.05) is 6.54 Å². The largest absolute Gasteiger partial charge is 0.392 e. The van der Waals surface area contributed by atoms with Gasteiger partial charge in [-0.25, -0.2) is 0 Å². The molecule has 24 heavy (non-hydrogen) atoms. The van der Waals surface area contributed by atoms with E-state index in [-0.39, 0.29) is 45.8 Å². The minimum Gasteiger partial charge on any atom is -0.392 e. The first-order valence-corrected chi connectivity index (χ1v) is 9.52. The van der Waals surface area contributed by atoms with Gasteiger partial charge in [0.05, 0.1) is 12.0 Å². The number of hydrogen-bond acceptors (Lipinski definition) is 4. The highest BCUT2D eigenvalue weighted by Crippen LogP contribution is 2.86. The normalized spacial score (nSPS) is 70.0. The van der Waals surface area contributed by atoms with E-state index in [1.807, 2.05) is 0 Å². The molecule has 4 nitrogen and oxygen atoms in total. The molecule has 0 aromatic heterocycles. The summed E-state index contributed by atoms with van der Waals surface area (Å²) in [5, 5.41) is 11.1. The van der Waals surface area contributed by atoms with Gasteiger partial charge >= 0.3 is 0 Å². The van der Waals surface area contributed by atoms with Crippen LogP contribution in [0.25, 0.3) is 0 Å². The molecule has 0 amide bonds. The third-order valence-corrected chi connectivity index (χ3v) is 9.70. The highest BCUT2D eigenvalue weighted by Gasteiger charge is 2.90. The fourth-order valence-electron chi connectivity index (χ4n) is 10.1. The van der Waals surface area contributed by atoms with E-state index in [0.717, 1.165) is 25.0 Å². The van der Waals surface area contributed by atoms with Crippen LogP contribution in [0.2, 0.25) is 0 Å². The zero-order valence-electron chi connectivity index (χ0n) is 14.0. The molecule has 9 rings (SSSR count). The fraction of sp³-hybridized carbons (Fsp3) is 0.800. The third kappa shape index (κ3) is 0.911. The Bertz CT molecular complexity index is 790. The molecule has 126 valence electrons. The lowest BCUT2D eigenvalue weighted by Crippen LogP contribution is -2.66. The minimum absolute atomic E-state index is 0.00836. The van der Waals surface area contributed by atoms with Crippen LogP contribution in [0.5, 0.6) is 0 Å². The molecule has 2 spiro atoms. The van der Waals surface area contributed by atoms with Gasteiger partial charge in [0.15, 0.2) is 0 Å². The number of nitrogens with zero attached hydrogens (tertiary/aromatic N) is 1. The summed E-state index contributed by atoms with van der Waals surface area (Å²) in [4.78, 5) is 28.9. The number of carbonyl (C=O) groups is 2. The maximum Gasteiger partial charge on any atom is 0.146 e. The number of piperidine rings is 2. The maximum absolute atomic E-state index is 13.5. The first-order chi connectivity index (χ1) is 11.4. The third-order valence-electron chi connectivity index (χ3n) is 9.70. The summed E-state index contributed by atoms with van der Waals surface area (Å²) in [5.41, 5.74) is 0.763. The number of rotatable bonds is 0. The van der Waals surface area contributed by atoms with Crippen molar-refractivity contribution in [2.24, 2.45) is 39.9 Å². The highest BCUT2D eigenvalue weighted by molar-refractivity contribution is 5.94. The molecule has 3 aliphatic heterocycles. The maximum atomic E-state index is 13.5. The molecule has 1 N–H and O–H groups in total.